The number of aromatic nitrogens is 3. The Morgan fingerprint density at radius 2 is 1.71 bits per heavy atom. The van der Waals surface area contributed by atoms with Crippen LogP contribution in [0.1, 0.15) is 5.56 Å². The molecular formula is C15H12FN3O2. The number of aryl methyl sites for hydroxylation is 1. The third-order valence-electron chi connectivity index (χ3n) is 3.02. The molecule has 3 aromatic rings. The molecule has 2 aromatic heterocycles. The van der Waals surface area contributed by atoms with Gasteiger partial charge in [-0.3, -0.25) is 0 Å². The molecule has 0 aliphatic carbocycles. The van der Waals surface area contributed by atoms with Crippen LogP contribution in [0.15, 0.2) is 40.9 Å². The zero-order valence-corrected chi connectivity index (χ0v) is 11.5. The Kier molecular flexibility index (Phi) is 3.35. The lowest BCUT2D eigenvalue weighted by Gasteiger charge is -1.99. The summed E-state index contributed by atoms with van der Waals surface area (Å²) in [4.78, 5) is 3.65. The maximum absolute atomic E-state index is 13.2. The van der Waals surface area contributed by atoms with Gasteiger partial charge in [0.05, 0.1) is 12.7 Å². The fourth-order valence-electron chi connectivity index (χ4n) is 1.87. The minimum atomic E-state index is -0.506. The number of pyridine rings is 1. The van der Waals surface area contributed by atoms with Crippen LogP contribution < -0.4 is 4.74 Å². The predicted octanol–water partition coefficient (Wildman–Crippen LogP) is 3.25. The van der Waals surface area contributed by atoms with Gasteiger partial charge in [-0.15, -0.1) is 10.2 Å². The van der Waals surface area contributed by atoms with E-state index in [2.05, 4.69) is 15.2 Å². The van der Waals surface area contributed by atoms with E-state index in [-0.39, 0.29) is 0 Å². The van der Waals surface area contributed by atoms with Crippen LogP contribution in [-0.2, 0) is 0 Å². The fourth-order valence-corrected chi connectivity index (χ4v) is 1.87. The molecule has 0 saturated carbocycles. The van der Waals surface area contributed by atoms with E-state index < -0.39 is 5.95 Å². The van der Waals surface area contributed by atoms with E-state index in [9.17, 15) is 4.39 Å². The van der Waals surface area contributed by atoms with E-state index in [0.717, 1.165) is 11.3 Å². The largest absolute Gasteiger partial charge is 0.497 e. The number of hydrogen-bond donors (Lipinski definition) is 0. The van der Waals surface area contributed by atoms with Gasteiger partial charge in [-0.05, 0) is 37.3 Å². The Balaban J connectivity index is 1.93. The minimum Gasteiger partial charge on any atom is -0.497 e. The van der Waals surface area contributed by atoms with Gasteiger partial charge in [-0.25, -0.2) is 4.98 Å². The molecule has 6 heteroatoms. The molecular weight excluding hydrogens is 273 g/mol. The van der Waals surface area contributed by atoms with Crippen LogP contribution in [0.5, 0.6) is 5.75 Å². The van der Waals surface area contributed by atoms with Crippen molar-refractivity contribution in [2.75, 3.05) is 7.11 Å². The molecule has 106 valence electrons. The van der Waals surface area contributed by atoms with Crippen molar-refractivity contribution < 1.29 is 13.5 Å². The van der Waals surface area contributed by atoms with Crippen LogP contribution in [0.4, 0.5) is 4.39 Å². The van der Waals surface area contributed by atoms with Crippen molar-refractivity contribution in [2.24, 2.45) is 0 Å². The molecule has 0 spiro atoms. The summed E-state index contributed by atoms with van der Waals surface area (Å²) in [5.41, 5.74) is 1.79. The first-order valence-corrected chi connectivity index (χ1v) is 6.28. The van der Waals surface area contributed by atoms with E-state index in [1.54, 1.807) is 20.1 Å². The van der Waals surface area contributed by atoms with Crippen molar-refractivity contribution in [2.45, 2.75) is 6.92 Å². The molecule has 3 rings (SSSR count). The second kappa shape index (κ2) is 5.32. The molecule has 0 saturated heterocycles. The molecule has 5 nitrogen and oxygen atoms in total. The highest BCUT2D eigenvalue weighted by Crippen LogP contribution is 2.25. The average Bonchev–Trinajstić information content (AvgIpc) is 3.00. The number of hydrogen-bond acceptors (Lipinski definition) is 5. The molecule has 0 amide bonds. The van der Waals surface area contributed by atoms with E-state index in [0.29, 0.717) is 22.9 Å². The van der Waals surface area contributed by atoms with Gasteiger partial charge in [0.25, 0.3) is 0 Å². The van der Waals surface area contributed by atoms with Crippen molar-refractivity contribution in [1.29, 1.82) is 0 Å². The lowest BCUT2D eigenvalue weighted by molar-refractivity contribution is 0.415. The van der Waals surface area contributed by atoms with Crippen molar-refractivity contribution in [3.8, 4) is 28.7 Å². The van der Waals surface area contributed by atoms with Crippen LogP contribution in [0.3, 0.4) is 0 Å². The SMILES string of the molecule is COc1ccc(-c2nnc(-c3cnc(F)c(C)c3)o2)cc1. The van der Waals surface area contributed by atoms with Crippen LogP contribution in [0, 0.1) is 12.9 Å². The minimum absolute atomic E-state index is 0.302. The zero-order chi connectivity index (χ0) is 14.8. The van der Waals surface area contributed by atoms with Crippen molar-refractivity contribution in [3.63, 3.8) is 0 Å². The summed E-state index contributed by atoms with van der Waals surface area (Å²) in [5, 5.41) is 7.96. The standard InChI is InChI=1S/C15H12FN3O2/c1-9-7-11(8-17-13(9)16)15-19-18-14(21-15)10-3-5-12(20-2)6-4-10/h3-8H,1-2H3. The maximum atomic E-state index is 13.2. The monoisotopic (exact) mass is 285 g/mol. The topological polar surface area (TPSA) is 61.0 Å². The number of halogens is 1. The first kappa shape index (κ1) is 13.2. The predicted molar refractivity (Wildman–Crippen MR) is 74.2 cm³/mol. The van der Waals surface area contributed by atoms with Gasteiger partial charge < -0.3 is 9.15 Å². The highest BCUT2D eigenvalue weighted by atomic mass is 19.1. The van der Waals surface area contributed by atoms with Crippen molar-refractivity contribution in [1.82, 2.24) is 15.2 Å². The molecule has 0 radical (unpaired) electrons. The van der Waals surface area contributed by atoms with Gasteiger partial charge in [0, 0.05) is 17.3 Å². The lowest BCUT2D eigenvalue weighted by atomic mass is 10.2. The number of nitrogens with zero attached hydrogens (tertiary/aromatic N) is 3. The highest BCUT2D eigenvalue weighted by Gasteiger charge is 2.12. The summed E-state index contributed by atoms with van der Waals surface area (Å²) >= 11 is 0. The van der Waals surface area contributed by atoms with E-state index in [4.69, 9.17) is 9.15 Å². The van der Waals surface area contributed by atoms with Crippen LogP contribution in [0.2, 0.25) is 0 Å². The fraction of sp³-hybridized carbons (Fsp3) is 0.133. The van der Waals surface area contributed by atoms with Gasteiger partial charge in [0.1, 0.15) is 5.75 Å². The quantitative estimate of drug-likeness (QED) is 0.691. The Bertz CT molecular complexity index is 769. The van der Waals surface area contributed by atoms with Gasteiger partial charge in [0.2, 0.25) is 17.7 Å². The highest BCUT2D eigenvalue weighted by molar-refractivity contribution is 5.58. The Morgan fingerprint density at radius 1 is 1.05 bits per heavy atom. The first-order chi connectivity index (χ1) is 10.2. The van der Waals surface area contributed by atoms with Crippen LogP contribution in [0.25, 0.3) is 22.9 Å². The molecule has 0 atom stereocenters. The molecule has 0 bridgehead atoms. The molecule has 0 aliphatic heterocycles. The van der Waals surface area contributed by atoms with E-state index in [1.165, 1.54) is 6.20 Å². The number of methoxy groups -OCH3 is 1. The molecule has 0 unspecified atom stereocenters. The molecule has 0 N–H and O–H groups in total. The van der Waals surface area contributed by atoms with Gasteiger partial charge in [-0.2, -0.15) is 4.39 Å². The van der Waals surface area contributed by atoms with Gasteiger partial charge >= 0.3 is 0 Å². The normalized spacial score (nSPS) is 10.6. The summed E-state index contributed by atoms with van der Waals surface area (Å²) in [7, 11) is 1.60. The molecule has 1 aromatic carbocycles. The van der Waals surface area contributed by atoms with Crippen LogP contribution >= 0.6 is 0 Å². The third kappa shape index (κ3) is 2.60. The number of rotatable bonds is 3. The van der Waals surface area contributed by atoms with Crippen LogP contribution in [-0.4, -0.2) is 22.3 Å². The Labute approximate surface area is 120 Å². The zero-order valence-electron chi connectivity index (χ0n) is 11.5. The number of benzene rings is 1. The molecule has 2 heterocycles. The van der Waals surface area contributed by atoms with Gasteiger partial charge in [-0.1, -0.05) is 0 Å². The van der Waals surface area contributed by atoms with Crippen molar-refractivity contribution >= 4 is 0 Å². The Morgan fingerprint density at radius 3 is 2.33 bits per heavy atom. The average molecular weight is 285 g/mol. The van der Waals surface area contributed by atoms with E-state index in [1.807, 2.05) is 24.3 Å². The van der Waals surface area contributed by atoms with Gasteiger partial charge in [0.15, 0.2) is 0 Å². The summed E-state index contributed by atoms with van der Waals surface area (Å²) in [6, 6.07) is 8.88. The smallest absolute Gasteiger partial charge is 0.249 e. The maximum Gasteiger partial charge on any atom is 0.249 e. The second-order valence-electron chi connectivity index (χ2n) is 4.47. The summed E-state index contributed by atoms with van der Waals surface area (Å²) < 4.78 is 23.9. The summed E-state index contributed by atoms with van der Waals surface area (Å²) in [5.74, 6) is 0.927. The lowest BCUT2D eigenvalue weighted by Crippen LogP contribution is -1.89. The molecule has 0 aliphatic rings. The van der Waals surface area contributed by atoms with E-state index >= 15 is 0 Å². The summed E-state index contributed by atoms with van der Waals surface area (Å²) in [6.07, 6.45) is 1.37. The Hall–Kier alpha value is -2.76. The summed E-state index contributed by atoms with van der Waals surface area (Å²) in [6.45, 7) is 1.63. The first-order valence-electron chi connectivity index (χ1n) is 6.28. The molecule has 21 heavy (non-hydrogen) atoms. The second-order valence-corrected chi connectivity index (χ2v) is 4.47. The number of ether oxygens (including phenoxy) is 1. The molecule has 0 fully saturated rings. The van der Waals surface area contributed by atoms with Crippen molar-refractivity contribution in [3.05, 3.63) is 48.0 Å². The third-order valence-corrected chi connectivity index (χ3v) is 3.02.